The van der Waals surface area contributed by atoms with Gasteiger partial charge in [0, 0.05) is 49.3 Å². The van der Waals surface area contributed by atoms with E-state index >= 15 is 0 Å². The van der Waals surface area contributed by atoms with E-state index in [0.717, 1.165) is 12.1 Å². The molecule has 3 N–H and O–H groups in total. The van der Waals surface area contributed by atoms with E-state index in [-0.39, 0.29) is 29.1 Å². The van der Waals surface area contributed by atoms with E-state index in [2.05, 4.69) is 10.6 Å². The summed E-state index contributed by atoms with van der Waals surface area (Å²) in [5.41, 5.74) is -1.43. The van der Waals surface area contributed by atoms with Gasteiger partial charge in [0.05, 0.1) is 17.7 Å². The average molecular weight is 674 g/mol. The minimum Gasteiger partial charge on any atom is -0.390 e. The molecule has 0 saturated carbocycles. The first-order chi connectivity index (χ1) is 22.1. The molecule has 0 heterocycles. The number of nitrogens with one attached hydrogen (secondary N) is 2. The van der Waals surface area contributed by atoms with Crippen molar-refractivity contribution in [2.45, 2.75) is 64.9 Å². The van der Waals surface area contributed by atoms with Crippen LogP contribution in [-0.2, 0) is 19.1 Å². The van der Waals surface area contributed by atoms with Crippen molar-refractivity contribution >= 4 is 11.8 Å². The first-order valence-electron chi connectivity index (χ1n) is 14.9. The van der Waals surface area contributed by atoms with Crippen LogP contribution in [0.1, 0.15) is 69.7 Å². The third kappa shape index (κ3) is 9.50. The number of amides is 2. The lowest BCUT2D eigenvalue weighted by atomic mass is 9.98. The van der Waals surface area contributed by atoms with Gasteiger partial charge in [-0.15, -0.1) is 0 Å². The van der Waals surface area contributed by atoms with Crippen molar-refractivity contribution in [3.63, 3.8) is 0 Å². The van der Waals surface area contributed by atoms with E-state index in [1.54, 1.807) is 17.9 Å². The largest absolute Gasteiger partial charge is 0.416 e. The number of rotatable bonds is 14. The van der Waals surface area contributed by atoms with Crippen LogP contribution in [0.4, 0.5) is 35.1 Å². The molecule has 3 aromatic carbocycles. The fourth-order valence-corrected chi connectivity index (χ4v) is 5.02. The van der Waals surface area contributed by atoms with Crippen molar-refractivity contribution in [3.05, 3.63) is 105 Å². The zero-order valence-electron chi connectivity index (χ0n) is 25.9. The number of aryl methyl sites for hydroxylation is 1. The van der Waals surface area contributed by atoms with Crippen LogP contribution in [0.25, 0.3) is 0 Å². The number of halogens is 8. The lowest BCUT2D eigenvalue weighted by molar-refractivity contribution is -0.137. The van der Waals surface area contributed by atoms with Gasteiger partial charge in [0.1, 0.15) is 0 Å². The predicted molar refractivity (Wildman–Crippen MR) is 158 cm³/mol. The van der Waals surface area contributed by atoms with Gasteiger partial charge in [0.15, 0.2) is 23.3 Å². The lowest BCUT2D eigenvalue weighted by Gasteiger charge is -2.26. The summed E-state index contributed by atoms with van der Waals surface area (Å²) in [4.78, 5) is 28.2. The summed E-state index contributed by atoms with van der Waals surface area (Å²) in [5.74, 6) is -12.4. The SMILES string of the molecule is CCCN(CCC)C(=O)c1cc(C)cc(C(=O)N[C@@H](Cc2c(F)c(F)c(F)c(F)c2F)[C@H](O)CNCc2cccc(C(F)(F)F)c2)c1. The monoisotopic (exact) mass is 673 g/mol. The van der Waals surface area contributed by atoms with Crippen molar-refractivity contribution in [2.24, 2.45) is 0 Å². The molecule has 3 rings (SSSR count). The Hall–Kier alpha value is -4.04. The highest BCUT2D eigenvalue weighted by atomic mass is 19.4. The number of hydrogen-bond acceptors (Lipinski definition) is 4. The second kappa shape index (κ2) is 16.2. The summed E-state index contributed by atoms with van der Waals surface area (Å²) >= 11 is 0. The third-order valence-electron chi connectivity index (χ3n) is 7.30. The Morgan fingerprint density at radius 2 is 1.43 bits per heavy atom. The van der Waals surface area contributed by atoms with E-state index in [4.69, 9.17) is 0 Å². The maximum Gasteiger partial charge on any atom is 0.416 e. The van der Waals surface area contributed by atoms with Gasteiger partial charge in [0.2, 0.25) is 5.82 Å². The van der Waals surface area contributed by atoms with Gasteiger partial charge in [-0.05, 0) is 55.2 Å². The molecule has 2 amide bonds. The first kappa shape index (κ1) is 37.4. The van der Waals surface area contributed by atoms with E-state index in [1.165, 1.54) is 24.3 Å². The van der Waals surface area contributed by atoms with Crippen LogP contribution in [0.3, 0.4) is 0 Å². The number of aliphatic hydroxyl groups excluding tert-OH is 1. The molecule has 256 valence electrons. The van der Waals surface area contributed by atoms with Gasteiger partial charge < -0.3 is 20.6 Å². The molecular weight excluding hydrogens is 638 g/mol. The molecule has 0 aliphatic carbocycles. The molecule has 0 radical (unpaired) electrons. The molecule has 0 aliphatic rings. The van der Waals surface area contributed by atoms with Crippen LogP contribution in [0.15, 0.2) is 42.5 Å². The minimum atomic E-state index is -4.61. The van der Waals surface area contributed by atoms with Gasteiger partial charge in [-0.25, -0.2) is 22.0 Å². The summed E-state index contributed by atoms with van der Waals surface area (Å²) < 4.78 is 110. The predicted octanol–water partition coefficient (Wildman–Crippen LogP) is 6.46. The van der Waals surface area contributed by atoms with E-state index in [1.807, 2.05) is 13.8 Å². The molecule has 0 spiro atoms. The van der Waals surface area contributed by atoms with E-state index in [9.17, 15) is 49.8 Å². The van der Waals surface area contributed by atoms with E-state index in [0.29, 0.717) is 31.5 Å². The number of carbonyl (C=O) groups excluding carboxylic acids is 2. The fourth-order valence-electron chi connectivity index (χ4n) is 5.02. The van der Waals surface area contributed by atoms with Gasteiger partial charge in [-0.3, -0.25) is 9.59 Å². The number of alkyl halides is 3. The minimum absolute atomic E-state index is 0.0761. The Balaban J connectivity index is 1.91. The maximum atomic E-state index is 14.6. The quantitative estimate of drug-likeness (QED) is 0.104. The molecule has 14 heteroatoms. The number of hydrogen-bond donors (Lipinski definition) is 3. The van der Waals surface area contributed by atoms with E-state index < -0.39 is 77.4 Å². The Labute approximate surface area is 266 Å². The Morgan fingerprint density at radius 3 is 2.00 bits per heavy atom. The molecule has 6 nitrogen and oxygen atoms in total. The van der Waals surface area contributed by atoms with Gasteiger partial charge in [0.25, 0.3) is 11.8 Å². The molecule has 2 atom stereocenters. The second-order valence-corrected chi connectivity index (χ2v) is 11.1. The van der Waals surface area contributed by atoms with Crippen molar-refractivity contribution in [2.75, 3.05) is 19.6 Å². The molecule has 0 aromatic heterocycles. The molecular formula is C33H35F8N3O3. The van der Waals surface area contributed by atoms with Crippen molar-refractivity contribution in [3.8, 4) is 0 Å². The average Bonchev–Trinajstić information content (AvgIpc) is 3.03. The second-order valence-electron chi connectivity index (χ2n) is 11.1. The van der Waals surface area contributed by atoms with Crippen molar-refractivity contribution < 1.29 is 49.8 Å². The highest BCUT2D eigenvalue weighted by Gasteiger charge is 2.32. The zero-order chi connectivity index (χ0) is 35.1. The number of nitrogens with zero attached hydrogens (tertiary/aromatic N) is 1. The Morgan fingerprint density at radius 1 is 0.851 bits per heavy atom. The Bertz CT molecular complexity index is 1550. The summed E-state index contributed by atoms with van der Waals surface area (Å²) in [6.45, 7) is 5.66. The maximum absolute atomic E-state index is 14.6. The van der Waals surface area contributed by atoms with Crippen LogP contribution in [-0.4, -0.2) is 53.6 Å². The summed E-state index contributed by atoms with van der Waals surface area (Å²) in [7, 11) is 0. The summed E-state index contributed by atoms with van der Waals surface area (Å²) in [6.07, 6.45) is -6.03. The van der Waals surface area contributed by atoms with Gasteiger partial charge >= 0.3 is 6.18 Å². The van der Waals surface area contributed by atoms with Crippen molar-refractivity contribution in [1.82, 2.24) is 15.5 Å². The van der Waals surface area contributed by atoms with Crippen LogP contribution >= 0.6 is 0 Å². The number of aliphatic hydroxyl groups is 1. The smallest absolute Gasteiger partial charge is 0.390 e. The molecule has 0 fully saturated rings. The van der Waals surface area contributed by atoms with Crippen molar-refractivity contribution in [1.29, 1.82) is 0 Å². The highest BCUT2D eigenvalue weighted by molar-refractivity contribution is 6.00. The van der Waals surface area contributed by atoms with Crippen LogP contribution in [0.5, 0.6) is 0 Å². The first-order valence-corrected chi connectivity index (χ1v) is 14.9. The third-order valence-corrected chi connectivity index (χ3v) is 7.30. The highest BCUT2D eigenvalue weighted by Crippen LogP contribution is 2.29. The molecule has 47 heavy (non-hydrogen) atoms. The normalized spacial score (nSPS) is 12.9. The summed E-state index contributed by atoms with van der Waals surface area (Å²) in [6, 6.07) is 6.88. The fraction of sp³-hybridized carbons (Fsp3) is 0.394. The lowest BCUT2D eigenvalue weighted by Crippen LogP contribution is -2.49. The molecule has 0 saturated heterocycles. The van der Waals surface area contributed by atoms with Gasteiger partial charge in [-0.1, -0.05) is 32.0 Å². The zero-order valence-corrected chi connectivity index (χ0v) is 25.9. The van der Waals surface area contributed by atoms with Crippen LogP contribution in [0, 0.1) is 36.0 Å². The van der Waals surface area contributed by atoms with Gasteiger partial charge in [-0.2, -0.15) is 13.2 Å². The number of carbonyl (C=O) groups is 2. The standard InChI is InChI=1S/C33H35F8N3O3/c1-4-9-44(10-5-2)32(47)21-12-18(3)11-20(14-21)31(46)43-24(15-23-26(34)28(36)30(38)29(37)27(23)35)25(45)17-42-16-19-7-6-8-22(13-19)33(39,40)41/h6-8,11-14,24-25,42,45H,4-5,9-10,15-17H2,1-3H3,(H,43,46)/t24-,25+/m0/s1. The molecule has 0 aliphatic heterocycles. The molecule has 3 aromatic rings. The molecule has 0 bridgehead atoms. The number of benzene rings is 3. The molecule has 0 unspecified atom stereocenters. The van der Waals surface area contributed by atoms with Crippen LogP contribution < -0.4 is 10.6 Å². The van der Waals surface area contributed by atoms with Crippen LogP contribution in [0.2, 0.25) is 0 Å². The Kier molecular flexibility index (Phi) is 12.9. The topological polar surface area (TPSA) is 81.7 Å². The summed E-state index contributed by atoms with van der Waals surface area (Å²) in [5, 5.41) is 16.0.